The van der Waals surface area contributed by atoms with Gasteiger partial charge in [0.1, 0.15) is 11.3 Å². The molecule has 0 saturated heterocycles. The standard InChI is InChI=1S/C21H21NO3/c1-13-17-11-16(24-2)8-9-19(17)25-20(13)21(23)22-12-15-10-18(15)14-6-4-3-5-7-14/h3-9,11,15,18H,10,12H2,1-2H3,(H,22,23). The molecule has 1 N–H and O–H groups in total. The van der Waals surface area contributed by atoms with Crippen LogP contribution in [0.15, 0.2) is 52.9 Å². The Morgan fingerprint density at radius 2 is 2.04 bits per heavy atom. The summed E-state index contributed by atoms with van der Waals surface area (Å²) in [5, 5.41) is 3.94. The van der Waals surface area contributed by atoms with Crippen molar-refractivity contribution in [1.29, 1.82) is 0 Å². The van der Waals surface area contributed by atoms with Gasteiger partial charge in [0.15, 0.2) is 5.76 Å². The first-order valence-electron chi connectivity index (χ1n) is 8.57. The number of rotatable bonds is 5. The molecule has 0 bridgehead atoms. The maximum Gasteiger partial charge on any atom is 0.287 e. The summed E-state index contributed by atoms with van der Waals surface area (Å²) < 4.78 is 11.0. The van der Waals surface area contributed by atoms with Crippen LogP contribution in [0.5, 0.6) is 5.75 Å². The molecule has 3 aromatic rings. The Bertz CT molecular complexity index is 914. The summed E-state index contributed by atoms with van der Waals surface area (Å²) in [6.45, 7) is 2.59. The summed E-state index contributed by atoms with van der Waals surface area (Å²) in [6, 6.07) is 16.0. The maximum absolute atomic E-state index is 12.5. The van der Waals surface area contributed by atoms with Crippen LogP contribution in [-0.2, 0) is 0 Å². The number of benzene rings is 2. The molecule has 0 radical (unpaired) electrons. The second-order valence-corrected chi connectivity index (χ2v) is 6.64. The first-order valence-corrected chi connectivity index (χ1v) is 8.57. The minimum Gasteiger partial charge on any atom is -0.497 e. The van der Waals surface area contributed by atoms with Crippen LogP contribution in [0, 0.1) is 12.8 Å². The lowest BCUT2D eigenvalue weighted by Crippen LogP contribution is -2.26. The molecule has 0 spiro atoms. The van der Waals surface area contributed by atoms with Crippen LogP contribution < -0.4 is 10.1 Å². The van der Waals surface area contributed by atoms with Crippen LogP contribution in [0.2, 0.25) is 0 Å². The summed E-state index contributed by atoms with van der Waals surface area (Å²) in [5.41, 5.74) is 2.91. The quantitative estimate of drug-likeness (QED) is 0.757. The third kappa shape index (κ3) is 3.00. The average Bonchev–Trinajstić information content (AvgIpc) is 3.37. The predicted molar refractivity (Wildman–Crippen MR) is 97.1 cm³/mol. The van der Waals surface area contributed by atoms with Crippen LogP contribution >= 0.6 is 0 Å². The van der Waals surface area contributed by atoms with Gasteiger partial charge in [0.05, 0.1) is 7.11 Å². The van der Waals surface area contributed by atoms with Crippen molar-refractivity contribution in [2.45, 2.75) is 19.3 Å². The van der Waals surface area contributed by atoms with Gasteiger partial charge in [0.2, 0.25) is 0 Å². The summed E-state index contributed by atoms with van der Waals surface area (Å²) in [4.78, 5) is 12.5. The minimum absolute atomic E-state index is 0.147. The molecule has 1 fully saturated rings. The van der Waals surface area contributed by atoms with E-state index >= 15 is 0 Å². The van der Waals surface area contributed by atoms with Crippen molar-refractivity contribution in [3.8, 4) is 5.75 Å². The fourth-order valence-electron chi connectivity index (χ4n) is 3.43. The fraction of sp³-hybridized carbons (Fsp3) is 0.286. The zero-order valence-electron chi connectivity index (χ0n) is 14.4. The van der Waals surface area contributed by atoms with Gasteiger partial charge in [-0.3, -0.25) is 4.79 Å². The van der Waals surface area contributed by atoms with Gasteiger partial charge in [-0.1, -0.05) is 30.3 Å². The molecule has 128 valence electrons. The molecule has 25 heavy (non-hydrogen) atoms. The molecule has 1 aliphatic carbocycles. The summed E-state index contributed by atoms with van der Waals surface area (Å²) in [7, 11) is 1.63. The molecule has 1 aliphatic rings. The van der Waals surface area contributed by atoms with Crippen molar-refractivity contribution < 1.29 is 13.9 Å². The lowest BCUT2D eigenvalue weighted by molar-refractivity contribution is 0.0925. The van der Waals surface area contributed by atoms with E-state index in [0.717, 1.165) is 23.1 Å². The van der Waals surface area contributed by atoms with Crippen molar-refractivity contribution in [2.75, 3.05) is 13.7 Å². The number of carbonyl (C=O) groups is 1. The first kappa shape index (κ1) is 15.8. The third-order valence-corrected chi connectivity index (χ3v) is 5.02. The first-order chi connectivity index (χ1) is 12.2. The van der Waals surface area contributed by atoms with Gasteiger partial charge in [-0.05, 0) is 48.9 Å². The molecule has 4 rings (SSSR count). The zero-order valence-corrected chi connectivity index (χ0v) is 14.4. The highest BCUT2D eigenvalue weighted by molar-refractivity contribution is 5.99. The molecule has 0 aliphatic heterocycles. The van der Waals surface area contributed by atoms with E-state index in [4.69, 9.17) is 9.15 Å². The van der Waals surface area contributed by atoms with E-state index in [2.05, 4.69) is 29.6 Å². The minimum atomic E-state index is -0.147. The molecule has 2 unspecified atom stereocenters. The Labute approximate surface area is 146 Å². The Morgan fingerprint density at radius 3 is 2.80 bits per heavy atom. The number of nitrogens with one attached hydrogen (secondary N) is 1. The highest BCUT2D eigenvalue weighted by Crippen LogP contribution is 2.46. The van der Waals surface area contributed by atoms with Crippen LogP contribution in [0.4, 0.5) is 0 Å². The van der Waals surface area contributed by atoms with Crippen LogP contribution in [-0.4, -0.2) is 19.6 Å². The van der Waals surface area contributed by atoms with Crippen molar-refractivity contribution in [3.63, 3.8) is 0 Å². The molecule has 4 heteroatoms. The molecule has 2 atom stereocenters. The summed E-state index contributed by atoms with van der Waals surface area (Å²) in [6.07, 6.45) is 1.13. The number of aryl methyl sites for hydroxylation is 1. The van der Waals surface area contributed by atoms with Crippen LogP contribution in [0.25, 0.3) is 11.0 Å². The Balaban J connectivity index is 1.44. The SMILES string of the molecule is COc1ccc2oc(C(=O)NCC3CC3c3ccccc3)c(C)c2c1. The Morgan fingerprint density at radius 1 is 1.24 bits per heavy atom. The Hall–Kier alpha value is -2.75. The van der Waals surface area contributed by atoms with Crippen molar-refractivity contribution in [3.05, 3.63) is 65.4 Å². The third-order valence-electron chi connectivity index (χ3n) is 5.02. The lowest BCUT2D eigenvalue weighted by Gasteiger charge is -2.04. The average molecular weight is 335 g/mol. The normalized spacial score (nSPS) is 19.0. The van der Waals surface area contributed by atoms with E-state index in [1.165, 1.54) is 5.56 Å². The molecule has 2 aromatic carbocycles. The number of hydrogen-bond donors (Lipinski definition) is 1. The second-order valence-electron chi connectivity index (χ2n) is 6.64. The van der Waals surface area contributed by atoms with E-state index in [1.54, 1.807) is 7.11 Å². The topological polar surface area (TPSA) is 51.5 Å². The molecule has 1 saturated carbocycles. The van der Waals surface area contributed by atoms with Gasteiger partial charge in [0.25, 0.3) is 5.91 Å². The van der Waals surface area contributed by atoms with E-state index < -0.39 is 0 Å². The van der Waals surface area contributed by atoms with Crippen molar-refractivity contribution in [1.82, 2.24) is 5.32 Å². The van der Waals surface area contributed by atoms with Gasteiger partial charge >= 0.3 is 0 Å². The van der Waals surface area contributed by atoms with Gasteiger partial charge in [-0.15, -0.1) is 0 Å². The van der Waals surface area contributed by atoms with Crippen LogP contribution in [0.1, 0.15) is 34.0 Å². The van der Waals surface area contributed by atoms with E-state index in [-0.39, 0.29) is 5.91 Å². The second kappa shape index (κ2) is 6.28. The van der Waals surface area contributed by atoms with Crippen molar-refractivity contribution in [2.24, 2.45) is 5.92 Å². The molecule has 4 nitrogen and oxygen atoms in total. The molecular formula is C21H21NO3. The smallest absolute Gasteiger partial charge is 0.287 e. The van der Waals surface area contributed by atoms with Gasteiger partial charge in [0, 0.05) is 17.5 Å². The van der Waals surface area contributed by atoms with Gasteiger partial charge in [-0.25, -0.2) is 0 Å². The molecule has 1 amide bonds. The number of amides is 1. The highest BCUT2D eigenvalue weighted by atomic mass is 16.5. The van der Waals surface area contributed by atoms with Gasteiger partial charge < -0.3 is 14.5 Å². The molecular weight excluding hydrogens is 314 g/mol. The van der Waals surface area contributed by atoms with Crippen molar-refractivity contribution >= 4 is 16.9 Å². The number of methoxy groups -OCH3 is 1. The van der Waals surface area contributed by atoms with E-state index in [9.17, 15) is 4.79 Å². The monoisotopic (exact) mass is 335 g/mol. The van der Waals surface area contributed by atoms with E-state index in [1.807, 2.05) is 31.2 Å². The van der Waals surface area contributed by atoms with Gasteiger partial charge in [-0.2, -0.15) is 0 Å². The lowest BCUT2D eigenvalue weighted by atomic mass is 10.1. The zero-order chi connectivity index (χ0) is 17.4. The van der Waals surface area contributed by atoms with E-state index in [0.29, 0.717) is 29.7 Å². The number of fused-ring (bicyclic) bond motifs is 1. The molecule has 1 heterocycles. The largest absolute Gasteiger partial charge is 0.497 e. The summed E-state index contributed by atoms with van der Waals surface area (Å²) in [5.74, 6) is 2.07. The number of furan rings is 1. The fourth-order valence-corrected chi connectivity index (χ4v) is 3.43. The number of carbonyl (C=O) groups excluding carboxylic acids is 1. The predicted octanol–water partition coefficient (Wildman–Crippen LogP) is 4.28. The Kier molecular flexibility index (Phi) is 3.96. The van der Waals surface area contributed by atoms with Crippen LogP contribution in [0.3, 0.4) is 0 Å². The summed E-state index contributed by atoms with van der Waals surface area (Å²) >= 11 is 0. The number of hydrogen-bond acceptors (Lipinski definition) is 3. The maximum atomic E-state index is 12.5. The highest BCUT2D eigenvalue weighted by Gasteiger charge is 2.38. The number of ether oxygens (including phenoxy) is 1. The molecule has 1 aromatic heterocycles.